The quantitative estimate of drug-likeness (QED) is 0.0893. The van der Waals surface area contributed by atoms with Gasteiger partial charge in [-0.25, -0.2) is 0 Å². The maximum atomic E-state index is 5.32. The molecular weight excluding hydrogens is 412 g/mol. The van der Waals surface area contributed by atoms with Crippen molar-refractivity contribution in [3.05, 3.63) is 44.5 Å². The smallest absolute Gasteiger partial charge is 0.358 e. The van der Waals surface area contributed by atoms with E-state index < -0.39 is 0 Å². The van der Waals surface area contributed by atoms with E-state index in [-0.39, 0.29) is 47.5 Å². The molecule has 0 radical (unpaired) electrons. The summed E-state index contributed by atoms with van der Waals surface area (Å²) in [5.41, 5.74) is 1.62. The second kappa shape index (κ2) is 17.7. The van der Waals surface area contributed by atoms with Crippen molar-refractivity contribution in [2.45, 2.75) is 60.3 Å². The van der Waals surface area contributed by atoms with Crippen molar-refractivity contribution in [1.82, 2.24) is 4.90 Å². The first-order valence-corrected chi connectivity index (χ1v) is 12.0. The largest absolute Gasteiger partial charge is 1.00 e. The summed E-state index contributed by atoms with van der Waals surface area (Å²) in [5, 5.41) is 0. The Balaban J connectivity index is -0.00000242. The van der Waals surface area contributed by atoms with Crippen molar-refractivity contribution in [2.24, 2.45) is 11.3 Å². The summed E-state index contributed by atoms with van der Waals surface area (Å²) < 4.78 is 2.52. The molecule has 3 heteroatoms. The first-order valence-electron chi connectivity index (χ1n) is 8.92. The number of alkyl halides is 2. The zero-order chi connectivity index (χ0) is 17.7. The van der Waals surface area contributed by atoms with Crippen molar-refractivity contribution < 1.29 is 40.1 Å². The van der Waals surface area contributed by atoms with E-state index in [1.807, 2.05) is 6.08 Å². The third-order valence-electron chi connectivity index (χ3n) is 4.46. The molecule has 0 fully saturated rings. The van der Waals surface area contributed by atoms with Gasteiger partial charge in [-0.15, -0.1) is 0 Å². The molecule has 0 amide bonds. The number of rotatable bonds is 14. The Morgan fingerprint density at radius 2 is 2.04 bits per heavy atom. The van der Waals surface area contributed by atoms with Crippen LogP contribution in [0.15, 0.2) is 24.4 Å². The molecule has 0 bridgehead atoms. The van der Waals surface area contributed by atoms with Crippen molar-refractivity contribution in [2.75, 3.05) is 21.9 Å². The first-order chi connectivity index (χ1) is 10.9. The third-order valence-corrected chi connectivity index (χ3v) is 7.56. The summed E-state index contributed by atoms with van der Waals surface area (Å²) >= 11 is 0.242. The number of hydrogen-bond donors (Lipinski definition) is 0. The van der Waals surface area contributed by atoms with E-state index in [1.54, 1.807) is 6.08 Å². The molecular formula is C22H40ILiN-3. The van der Waals surface area contributed by atoms with Gasteiger partial charge in [0.1, 0.15) is 0 Å². The van der Waals surface area contributed by atoms with E-state index in [4.69, 9.17) is 6.58 Å². The maximum absolute atomic E-state index is 5.32. The van der Waals surface area contributed by atoms with Gasteiger partial charge in [0.05, 0.1) is 0 Å². The van der Waals surface area contributed by atoms with E-state index in [0.29, 0.717) is 5.41 Å². The molecule has 0 unspecified atom stereocenters. The maximum Gasteiger partial charge on any atom is 1.00 e. The molecule has 0 aliphatic heterocycles. The zero-order valence-corrected chi connectivity index (χ0v) is 20.2. The normalized spacial score (nSPS) is 14.3. The number of halogens is 1. The topological polar surface area (TPSA) is 3.24 Å². The van der Waals surface area contributed by atoms with Gasteiger partial charge in [0, 0.05) is 0 Å². The molecule has 25 heavy (non-hydrogen) atoms. The van der Waals surface area contributed by atoms with Gasteiger partial charge in [-0.1, -0.05) is 0 Å². The summed E-state index contributed by atoms with van der Waals surface area (Å²) in [6.07, 6.45) is 11.8. The van der Waals surface area contributed by atoms with Crippen LogP contribution in [0.5, 0.6) is 0 Å². The number of allylic oxidation sites excluding steroid dienone is 4. The van der Waals surface area contributed by atoms with Crippen molar-refractivity contribution >= 4 is 0 Å². The Labute approximate surface area is 182 Å². The predicted molar refractivity (Wildman–Crippen MR) is 106 cm³/mol. The average Bonchev–Trinajstić information content (AvgIpc) is 2.52. The van der Waals surface area contributed by atoms with Crippen LogP contribution in [0.1, 0.15) is 60.3 Å². The molecule has 0 aromatic rings. The van der Waals surface area contributed by atoms with Crippen LogP contribution in [-0.2, 0) is 0 Å². The monoisotopic (exact) mass is 452 g/mol. The van der Waals surface area contributed by atoms with Crippen LogP contribution < -0.4 is 40.1 Å². The van der Waals surface area contributed by atoms with E-state index >= 15 is 0 Å². The van der Waals surface area contributed by atoms with E-state index in [2.05, 4.69) is 52.2 Å². The van der Waals surface area contributed by atoms with Crippen LogP contribution in [-0.4, -0.2) is 26.8 Å². The summed E-state index contributed by atoms with van der Waals surface area (Å²) in [4.78, 5) is 2.48. The van der Waals surface area contributed by atoms with Gasteiger partial charge < -0.3 is 7.43 Å². The second-order valence-corrected chi connectivity index (χ2v) is 9.73. The minimum atomic E-state index is 0. The van der Waals surface area contributed by atoms with Gasteiger partial charge in [0.15, 0.2) is 0 Å². The van der Waals surface area contributed by atoms with Gasteiger partial charge in [-0.05, 0) is 0 Å². The first kappa shape index (κ1) is 30.1. The summed E-state index contributed by atoms with van der Waals surface area (Å²) in [6.45, 7) is 23.4. The van der Waals surface area contributed by atoms with Crippen LogP contribution >= 0.6 is 0 Å². The fourth-order valence-electron chi connectivity index (χ4n) is 2.58. The minimum Gasteiger partial charge on any atom is -0.358 e. The molecule has 0 saturated heterocycles. The molecule has 0 heterocycles. The standard InChI is InChI=1S/C21H37IN.CH3.Li/c1-8-11-12-15-22-17-20(6)13-14-21(7,10-3)18-23(16-9-2)19(4)5;;/h1,8,11,20H,4,9-10,13-18H2,2-3,5-7H3;1H3;/q-3;-1;+1/t20-,21-;;/m1../s1. The molecule has 0 N–H and O–H groups in total. The van der Waals surface area contributed by atoms with Crippen molar-refractivity contribution in [3.63, 3.8) is 0 Å². The van der Waals surface area contributed by atoms with Gasteiger partial charge in [0.2, 0.25) is 0 Å². The molecule has 0 aliphatic carbocycles. The van der Waals surface area contributed by atoms with Crippen LogP contribution in [0.4, 0.5) is 0 Å². The Morgan fingerprint density at radius 1 is 1.40 bits per heavy atom. The molecule has 0 rings (SSSR count). The van der Waals surface area contributed by atoms with E-state index in [0.717, 1.165) is 23.4 Å². The zero-order valence-electron chi connectivity index (χ0n) is 18.0. The summed E-state index contributed by atoms with van der Waals surface area (Å²) in [6, 6.07) is 0. The van der Waals surface area contributed by atoms with Gasteiger partial charge in [0.25, 0.3) is 0 Å². The third kappa shape index (κ3) is 15.1. The second-order valence-electron chi connectivity index (χ2n) is 7.01. The van der Waals surface area contributed by atoms with Crippen molar-refractivity contribution in [1.29, 1.82) is 0 Å². The summed E-state index contributed by atoms with van der Waals surface area (Å²) in [7, 11) is 0. The molecule has 144 valence electrons. The van der Waals surface area contributed by atoms with Gasteiger partial charge in [-0.3, -0.25) is 0 Å². The number of nitrogens with zero attached hydrogens (tertiary/aromatic N) is 1. The molecule has 0 aromatic heterocycles. The Kier molecular flexibility index (Phi) is 21.4. The Morgan fingerprint density at radius 3 is 2.52 bits per heavy atom. The fraction of sp³-hybridized carbons (Fsp3) is 0.682. The minimum absolute atomic E-state index is 0. The molecule has 1 nitrogen and oxygen atoms in total. The Bertz CT molecular complexity index is 367. The molecule has 0 spiro atoms. The van der Waals surface area contributed by atoms with Crippen LogP contribution in [0.2, 0.25) is 0 Å². The Hall–Kier alpha value is 0.347. The summed E-state index contributed by atoms with van der Waals surface area (Å²) in [5.74, 6) is 0.835. The van der Waals surface area contributed by atoms with Crippen molar-refractivity contribution in [3.8, 4) is 0 Å². The predicted octanol–water partition coefficient (Wildman–Crippen LogP) is -0.0435. The van der Waals surface area contributed by atoms with Gasteiger partial charge >= 0.3 is 176 Å². The number of hydrogen-bond acceptors (Lipinski definition) is 1. The molecule has 0 aromatic carbocycles. The average molecular weight is 452 g/mol. The van der Waals surface area contributed by atoms with Crippen LogP contribution in [0.25, 0.3) is 0 Å². The molecule has 2 atom stereocenters. The van der Waals surface area contributed by atoms with E-state index in [9.17, 15) is 0 Å². The fourth-order valence-corrected chi connectivity index (χ4v) is 4.96. The molecule has 0 aliphatic rings. The van der Waals surface area contributed by atoms with Gasteiger partial charge in [-0.2, -0.15) is 0 Å². The van der Waals surface area contributed by atoms with Crippen LogP contribution in [0.3, 0.4) is 0 Å². The molecule has 0 saturated carbocycles. The SMILES string of the molecule is [CH-]=CC=[C-]C[I-]C[C@H](C)CC[C@@](C)(CC)CN(CCC)C(=C)C.[CH3-].[Li+]. The van der Waals surface area contributed by atoms with E-state index in [1.165, 1.54) is 35.8 Å². The van der Waals surface area contributed by atoms with Crippen LogP contribution in [0, 0.1) is 31.4 Å².